The molecule has 2 aromatic rings. The molecule has 2 nitrogen and oxygen atoms in total. The Morgan fingerprint density at radius 2 is 1.85 bits per heavy atom. The third-order valence-electron chi connectivity index (χ3n) is 3.61. The fourth-order valence-corrected chi connectivity index (χ4v) is 2.80. The van der Waals surface area contributed by atoms with Gasteiger partial charge in [-0.05, 0) is 48.7 Å². The van der Waals surface area contributed by atoms with Gasteiger partial charge in [0.25, 0.3) is 0 Å². The zero-order chi connectivity index (χ0) is 14.5. The van der Waals surface area contributed by atoms with Crippen molar-refractivity contribution in [1.29, 1.82) is 0 Å². The second kappa shape index (κ2) is 6.91. The van der Waals surface area contributed by atoms with E-state index in [-0.39, 0.29) is 0 Å². The monoisotopic (exact) mass is 332 g/mol. The van der Waals surface area contributed by atoms with E-state index in [1.807, 2.05) is 0 Å². The second-order valence-electron chi connectivity index (χ2n) is 4.92. The van der Waals surface area contributed by atoms with Gasteiger partial charge < -0.3 is 10.6 Å². The summed E-state index contributed by atoms with van der Waals surface area (Å²) >= 11 is 3.51. The van der Waals surface area contributed by atoms with Crippen LogP contribution in [0.2, 0.25) is 0 Å². The highest BCUT2D eigenvalue weighted by atomic mass is 79.9. The van der Waals surface area contributed by atoms with Crippen molar-refractivity contribution >= 4 is 21.6 Å². The van der Waals surface area contributed by atoms with Gasteiger partial charge in [-0.1, -0.05) is 40.2 Å². The Kier molecular flexibility index (Phi) is 5.21. The van der Waals surface area contributed by atoms with Crippen LogP contribution in [0.4, 0.5) is 5.69 Å². The molecule has 106 valence electrons. The molecule has 0 fully saturated rings. The summed E-state index contributed by atoms with van der Waals surface area (Å²) in [4.78, 5) is 2.37. The van der Waals surface area contributed by atoms with Crippen molar-refractivity contribution in [3.8, 4) is 0 Å². The number of rotatable bonds is 5. The molecule has 0 aliphatic heterocycles. The van der Waals surface area contributed by atoms with E-state index >= 15 is 0 Å². The Hall–Kier alpha value is -1.32. The zero-order valence-electron chi connectivity index (χ0n) is 12.1. The molecule has 2 rings (SSSR count). The Morgan fingerprint density at radius 1 is 1.10 bits per heavy atom. The highest BCUT2D eigenvalue weighted by Gasteiger charge is 2.11. The summed E-state index contributed by atoms with van der Waals surface area (Å²) in [7, 11) is 0. The average Bonchev–Trinajstić information content (AvgIpc) is 2.46. The second-order valence-corrected chi connectivity index (χ2v) is 5.83. The van der Waals surface area contributed by atoms with E-state index in [2.05, 4.69) is 77.1 Å². The van der Waals surface area contributed by atoms with Crippen molar-refractivity contribution in [3.63, 3.8) is 0 Å². The Balaban J connectivity index is 2.31. The predicted octanol–water partition coefficient (Wildman–Crippen LogP) is 4.24. The third-order valence-corrected chi connectivity index (χ3v) is 4.10. The molecule has 0 heterocycles. The van der Waals surface area contributed by atoms with Gasteiger partial charge in [0.2, 0.25) is 0 Å². The van der Waals surface area contributed by atoms with Crippen molar-refractivity contribution in [3.05, 3.63) is 63.6 Å². The molecule has 20 heavy (non-hydrogen) atoms. The predicted molar refractivity (Wildman–Crippen MR) is 89.9 cm³/mol. The minimum absolute atomic E-state index is 0.555. The topological polar surface area (TPSA) is 29.3 Å². The molecule has 0 aliphatic rings. The van der Waals surface area contributed by atoms with Crippen LogP contribution in [0.1, 0.15) is 23.6 Å². The van der Waals surface area contributed by atoms with E-state index in [1.54, 1.807) is 0 Å². The first-order valence-corrected chi connectivity index (χ1v) is 7.73. The standard InChI is InChI=1S/C17H21BrN2/c1-3-20(12-14-7-5-4-6-13(14)2)17-9-8-16(18)10-15(17)11-19/h4-10H,3,11-12,19H2,1-2H3. The maximum Gasteiger partial charge on any atom is 0.0432 e. The molecule has 0 radical (unpaired) electrons. The third kappa shape index (κ3) is 3.41. The lowest BCUT2D eigenvalue weighted by Gasteiger charge is -2.26. The molecule has 0 saturated carbocycles. The first-order chi connectivity index (χ1) is 9.65. The van der Waals surface area contributed by atoms with Crippen molar-refractivity contribution in [2.75, 3.05) is 11.4 Å². The van der Waals surface area contributed by atoms with Crippen molar-refractivity contribution in [2.24, 2.45) is 5.73 Å². The SMILES string of the molecule is CCN(Cc1ccccc1C)c1ccc(Br)cc1CN. The van der Waals surface area contributed by atoms with Gasteiger partial charge in [-0.2, -0.15) is 0 Å². The van der Waals surface area contributed by atoms with Crippen LogP contribution in [0.15, 0.2) is 46.9 Å². The van der Waals surface area contributed by atoms with Crippen LogP contribution >= 0.6 is 15.9 Å². The highest BCUT2D eigenvalue weighted by molar-refractivity contribution is 9.10. The number of nitrogens with two attached hydrogens (primary N) is 1. The summed E-state index contributed by atoms with van der Waals surface area (Å²) in [5.74, 6) is 0. The number of hydrogen-bond acceptors (Lipinski definition) is 2. The van der Waals surface area contributed by atoms with Crippen LogP contribution in [0.25, 0.3) is 0 Å². The zero-order valence-corrected chi connectivity index (χ0v) is 13.7. The molecule has 0 bridgehead atoms. The molecule has 3 heteroatoms. The fourth-order valence-electron chi connectivity index (χ4n) is 2.39. The van der Waals surface area contributed by atoms with E-state index < -0.39 is 0 Å². The maximum atomic E-state index is 5.89. The normalized spacial score (nSPS) is 10.6. The lowest BCUT2D eigenvalue weighted by molar-refractivity contribution is 0.817. The first-order valence-electron chi connectivity index (χ1n) is 6.93. The summed E-state index contributed by atoms with van der Waals surface area (Å²) in [6, 6.07) is 14.9. The van der Waals surface area contributed by atoms with Crippen molar-refractivity contribution in [1.82, 2.24) is 0 Å². The van der Waals surface area contributed by atoms with Crippen LogP contribution in [-0.2, 0) is 13.1 Å². The van der Waals surface area contributed by atoms with Crippen LogP contribution in [0, 0.1) is 6.92 Å². The van der Waals surface area contributed by atoms with Gasteiger partial charge in [0.1, 0.15) is 0 Å². The summed E-state index contributed by atoms with van der Waals surface area (Å²) in [5, 5.41) is 0. The number of benzene rings is 2. The molecular formula is C17H21BrN2. The van der Waals surface area contributed by atoms with Gasteiger partial charge in [-0.3, -0.25) is 0 Å². The number of nitrogens with zero attached hydrogens (tertiary/aromatic N) is 1. The number of anilines is 1. The number of aryl methyl sites for hydroxylation is 1. The molecule has 2 N–H and O–H groups in total. The van der Waals surface area contributed by atoms with Gasteiger partial charge in [0.05, 0.1) is 0 Å². The molecule has 0 saturated heterocycles. The van der Waals surface area contributed by atoms with E-state index in [0.717, 1.165) is 17.6 Å². The van der Waals surface area contributed by atoms with Gasteiger partial charge in [-0.25, -0.2) is 0 Å². The molecule has 0 amide bonds. The Labute approximate surface area is 129 Å². The minimum atomic E-state index is 0.555. The molecule has 0 unspecified atom stereocenters. The van der Waals surface area contributed by atoms with Gasteiger partial charge in [0, 0.05) is 29.8 Å². The van der Waals surface area contributed by atoms with E-state index in [0.29, 0.717) is 6.54 Å². The average molecular weight is 333 g/mol. The van der Waals surface area contributed by atoms with Gasteiger partial charge in [-0.15, -0.1) is 0 Å². The number of halogens is 1. The van der Waals surface area contributed by atoms with Crippen LogP contribution in [0.5, 0.6) is 0 Å². The summed E-state index contributed by atoms with van der Waals surface area (Å²) in [5.41, 5.74) is 11.0. The first kappa shape index (κ1) is 15.1. The quantitative estimate of drug-likeness (QED) is 0.887. The Morgan fingerprint density at radius 3 is 2.50 bits per heavy atom. The largest absolute Gasteiger partial charge is 0.367 e. The molecule has 0 aromatic heterocycles. The van der Waals surface area contributed by atoms with Crippen LogP contribution in [0.3, 0.4) is 0 Å². The maximum absolute atomic E-state index is 5.89. The molecule has 0 aliphatic carbocycles. The molecule has 0 spiro atoms. The van der Waals surface area contributed by atoms with E-state index in [1.165, 1.54) is 22.4 Å². The summed E-state index contributed by atoms with van der Waals surface area (Å²) < 4.78 is 1.08. The van der Waals surface area contributed by atoms with Crippen LogP contribution < -0.4 is 10.6 Å². The van der Waals surface area contributed by atoms with Crippen molar-refractivity contribution < 1.29 is 0 Å². The summed E-state index contributed by atoms with van der Waals surface area (Å²) in [6.45, 7) is 6.77. The lowest BCUT2D eigenvalue weighted by Crippen LogP contribution is -2.24. The lowest BCUT2D eigenvalue weighted by atomic mass is 10.1. The molecule has 0 atom stereocenters. The minimum Gasteiger partial charge on any atom is -0.367 e. The van der Waals surface area contributed by atoms with Crippen LogP contribution in [-0.4, -0.2) is 6.54 Å². The summed E-state index contributed by atoms with van der Waals surface area (Å²) in [6.07, 6.45) is 0. The van der Waals surface area contributed by atoms with E-state index in [9.17, 15) is 0 Å². The smallest absolute Gasteiger partial charge is 0.0432 e. The van der Waals surface area contributed by atoms with Crippen molar-refractivity contribution in [2.45, 2.75) is 26.9 Å². The molecular weight excluding hydrogens is 312 g/mol. The van der Waals surface area contributed by atoms with Gasteiger partial charge >= 0.3 is 0 Å². The number of hydrogen-bond donors (Lipinski definition) is 1. The Bertz CT molecular complexity index is 581. The highest BCUT2D eigenvalue weighted by Crippen LogP contribution is 2.26. The van der Waals surface area contributed by atoms with Gasteiger partial charge in [0.15, 0.2) is 0 Å². The van der Waals surface area contributed by atoms with E-state index in [4.69, 9.17) is 5.73 Å². The fraction of sp³-hybridized carbons (Fsp3) is 0.294. The molecule has 2 aromatic carbocycles.